The first-order chi connectivity index (χ1) is 12.2. The van der Waals surface area contributed by atoms with E-state index in [4.69, 9.17) is 16.7 Å². The summed E-state index contributed by atoms with van der Waals surface area (Å²) in [6.45, 7) is 1.34. The number of amides is 1. The minimum atomic E-state index is -3.97. The average molecular weight is 397 g/mol. The Morgan fingerprint density at radius 1 is 1.08 bits per heavy atom. The number of sulfonamides is 1. The van der Waals surface area contributed by atoms with E-state index >= 15 is 0 Å². The van der Waals surface area contributed by atoms with Crippen molar-refractivity contribution < 1.29 is 23.1 Å². The fourth-order valence-electron chi connectivity index (χ4n) is 2.27. The molecule has 0 aromatic heterocycles. The third kappa shape index (κ3) is 5.55. The number of carbonyl (C=O) groups is 2. The number of carboxylic acids is 1. The first kappa shape index (κ1) is 19.9. The zero-order chi connectivity index (χ0) is 19.3. The fourth-order valence-corrected chi connectivity index (χ4v) is 3.62. The fraction of sp³-hybridized carbons (Fsp3) is 0.176. The number of halogens is 1. The molecular formula is C17H17ClN2O5S. The van der Waals surface area contributed by atoms with Crippen LogP contribution in [0.15, 0.2) is 53.4 Å². The highest BCUT2D eigenvalue weighted by molar-refractivity contribution is 7.89. The van der Waals surface area contributed by atoms with Crippen molar-refractivity contribution in [2.45, 2.75) is 24.3 Å². The summed E-state index contributed by atoms with van der Waals surface area (Å²) < 4.78 is 27.6. The molecule has 0 saturated carbocycles. The predicted molar refractivity (Wildman–Crippen MR) is 97.5 cm³/mol. The first-order valence-corrected chi connectivity index (χ1v) is 9.41. The van der Waals surface area contributed by atoms with E-state index < -0.39 is 28.5 Å². The van der Waals surface area contributed by atoms with E-state index in [1.54, 1.807) is 24.3 Å². The van der Waals surface area contributed by atoms with Crippen LogP contribution in [-0.2, 0) is 19.6 Å². The summed E-state index contributed by atoms with van der Waals surface area (Å²) in [5, 5.41) is 12.1. The molecule has 7 nitrogen and oxygen atoms in total. The van der Waals surface area contributed by atoms with E-state index in [9.17, 15) is 18.0 Å². The summed E-state index contributed by atoms with van der Waals surface area (Å²) in [5.74, 6) is -1.42. The van der Waals surface area contributed by atoms with Gasteiger partial charge in [-0.15, -0.1) is 0 Å². The number of nitrogens with one attached hydrogen (secondary N) is 2. The molecule has 0 bridgehead atoms. The number of hydrogen-bond donors (Lipinski definition) is 3. The van der Waals surface area contributed by atoms with Gasteiger partial charge in [0.15, 0.2) is 0 Å². The second-order valence-corrected chi connectivity index (χ2v) is 7.68. The predicted octanol–water partition coefficient (Wildman–Crippen LogP) is 2.79. The molecule has 0 saturated heterocycles. The average Bonchev–Trinajstić information content (AvgIpc) is 2.54. The molecule has 0 aliphatic carbocycles. The second kappa shape index (κ2) is 8.31. The van der Waals surface area contributed by atoms with Crippen molar-refractivity contribution in [3.05, 3.63) is 59.1 Å². The van der Waals surface area contributed by atoms with E-state index in [1.807, 2.05) is 0 Å². The van der Waals surface area contributed by atoms with Gasteiger partial charge in [0.05, 0.1) is 17.4 Å². The van der Waals surface area contributed by atoms with Crippen LogP contribution in [0.25, 0.3) is 0 Å². The molecule has 3 N–H and O–H groups in total. The van der Waals surface area contributed by atoms with Gasteiger partial charge in [-0.2, -0.15) is 0 Å². The van der Waals surface area contributed by atoms with Crippen LogP contribution in [0.5, 0.6) is 0 Å². The zero-order valence-corrected chi connectivity index (χ0v) is 15.3. The Labute approximate surface area is 156 Å². The molecule has 0 fully saturated rings. The molecule has 26 heavy (non-hydrogen) atoms. The molecule has 9 heteroatoms. The Hall–Kier alpha value is -2.42. The lowest BCUT2D eigenvalue weighted by molar-refractivity contribution is -0.137. The molecular weight excluding hydrogens is 380 g/mol. The molecule has 0 aliphatic rings. The van der Waals surface area contributed by atoms with Crippen molar-refractivity contribution in [2.75, 3.05) is 5.32 Å². The lowest BCUT2D eigenvalue weighted by atomic mass is 10.1. The summed E-state index contributed by atoms with van der Waals surface area (Å²) in [6.07, 6.45) is -0.426. The maximum absolute atomic E-state index is 12.6. The van der Waals surface area contributed by atoms with Crippen molar-refractivity contribution in [3.63, 3.8) is 0 Å². The van der Waals surface area contributed by atoms with Gasteiger partial charge in [0.2, 0.25) is 15.9 Å². The van der Waals surface area contributed by atoms with Crippen LogP contribution in [0.2, 0.25) is 5.02 Å². The van der Waals surface area contributed by atoms with Crippen molar-refractivity contribution in [2.24, 2.45) is 0 Å². The minimum Gasteiger partial charge on any atom is -0.481 e. The summed E-state index contributed by atoms with van der Waals surface area (Å²) in [6, 6.07) is 10.8. The number of hydrogen-bond acceptors (Lipinski definition) is 4. The largest absolute Gasteiger partial charge is 0.481 e. The first-order valence-electron chi connectivity index (χ1n) is 7.54. The van der Waals surface area contributed by atoms with Gasteiger partial charge in [-0.05, 0) is 42.0 Å². The molecule has 138 valence electrons. The Bertz CT molecular complexity index is 896. The number of benzene rings is 2. The molecule has 2 aromatic carbocycles. The maximum Gasteiger partial charge on any atom is 0.305 e. The van der Waals surface area contributed by atoms with E-state index in [2.05, 4.69) is 10.0 Å². The highest BCUT2D eigenvalue weighted by Crippen LogP contribution is 2.23. The third-order valence-electron chi connectivity index (χ3n) is 3.43. The monoisotopic (exact) mass is 396 g/mol. The Morgan fingerprint density at radius 2 is 1.65 bits per heavy atom. The molecule has 0 heterocycles. The Morgan fingerprint density at radius 3 is 2.15 bits per heavy atom. The smallest absolute Gasteiger partial charge is 0.305 e. The standard InChI is InChI=1S/C17H17ClN2O5S/c1-11(21)19-14-6-8-15(9-7-14)26(24,25)20-16(10-17(22)23)12-2-4-13(18)5-3-12/h2-9,16,20H,10H2,1H3,(H,19,21)(H,22,23). The van der Waals surface area contributed by atoms with Crippen LogP contribution >= 0.6 is 11.6 Å². The summed E-state index contributed by atoms with van der Waals surface area (Å²) in [7, 11) is -3.97. The van der Waals surface area contributed by atoms with Crippen LogP contribution < -0.4 is 10.0 Å². The zero-order valence-electron chi connectivity index (χ0n) is 13.8. The molecule has 1 atom stereocenters. The van der Waals surface area contributed by atoms with Crippen LogP contribution in [-0.4, -0.2) is 25.4 Å². The molecule has 2 rings (SSSR count). The Balaban J connectivity index is 2.26. The molecule has 0 spiro atoms. The Kier molecular flexibility index (Phi) is 6.36. The molecule has 2 aromatic rings. The van der Waals surface area contributed by atoms with Crippen LogP contribution in [0.4, 0.5) is 5.69 Å². The second-order valence-electron chi connectivity index (χ2n) is 5.53. The van der Waals surface area contributed by atoms with Crippen molar-refractivity contribution in [3.8, 4) is 0 Å². The van der Waals surface area contributed by atoms with Crippen LogP contribution in [0.3, 0.4) is 0 Å². The maximum atomic E-state index is 12.6. The number of carbonyl (C=O) groups excluding carboxylic acids is 1. The number of aliphatic carboxylic acids is 1. The van der Waals surface area contributed by atoms with Gasteiger partial charge in [0.1, 0.15) is 0 Å². The summed E-state index contributed by atoms with van der Waals surface area (Å²) in [4.78, 5) is 22.1. The molecule has 0 aliphatic heterocycles. The SMILES string of the molecule is CC(=O)Nc1ccc(S(=O)(=O)NC(CC(=O)O)c2ccc(Cl)cc2)cc1. The molecule has 1 unspecified atom stereocenters. The highest BCUT2D eigenvalue weighted by Gasteiger charge is 2.23. The third-order valence-corrected chi connectivity index (χ3v) is 5.17. The van der Waals surface area contributed by atoms with Crippen molar-refractivity contribution in [1.29, 1.82) is 0 Å². The highest BCUT2D eigenvalue weighted by atomic mass is 35.5. The number of carboxylic acid groups (broad SMARTS) is 1. The van der Waals surface area contributed by atoms with Gasteiger partial charge in [-0.1, -0.05) is 23.7 Å². The van der Waals surface area contributed by atoms with Crippen molar-refractivity contribution in [1.82, 2.24) is 4.72 Å². The van der Waals surface area contributed by atoms with Crippen LogP contribution in [0, 0.1) is 0 Å². The van der Waals surface area contributed by atoms with Gasteiger partial charge in [0.25, 0.3) is 0 Å². The molecule has 0 radical (unpaired) electrons. The van der Waals surface area contributed by atoms with Gasteiger partial charge < -0.3 is 10.4 Å². The van der Waals surface area contributed by atoms with E-state index in [-0.39, 0.29) is 10.8 Å². The quantitative estimate of drug-likeness (QED) is 0.666. The van der Waals surface area contributed by atoms with E-state index in [1.165, 1.54) is 31.2 Å². The number of rotatable bonds is 7. The van der Waals surface area contributed by atoms with Gasteiger partial charge in [-0.3, -0.25) is 9.59 Å². The lowest BCUT2D eigenvalue weighted by Crippen LogP contribution is -2.30. The number of anilines is 1. The van der Waals surface area contributed by atoms with Gasteiger partial charge in [0, 0.05) is 17.6 Å². The van der Waals surface area contributed by atoms with Gasteiger partial charge in [-0.25, -0.2) is 13.1 Å². The summed E-state index contributed by atoms with van der Waals surface area (Å²) in [5.41, 5.74) is 0.937. The lowest BCUT2D eigenvalue weighted by Gasteiger charge is -2.18. The van der Waals surface area contributed by atoms with Crippen molar-refractivity contribution >= 4 is 39.2 Å². The normalized spacial score (nSPS) is 12.4. The van der Waals surface area contributed by atoms with E-state index in [0.29, 0.717) is 16.3 Å². The molecule has 1 amide bonds. The minimum absolute atomic E-state index is 0.0454. The summed E-state index contributed by atoms with van der Waals surface area (Å²) >= 11 is 5.82. The van der Waals surface area contributed by atoms with Gasteiger partial charge >= 0.3 is 5.97 Å². The van der Waals surface area contributed by atoms with E-state index in [0.717, 1.165) is 0 Å². The van der Waals surface area contributed by atoms with Crippen LogP contribution in [0.1, 0.15) is 24.9 Å². The topological polar surface area (TPSA) is 113 Å².